The van der Waals surface area contributed by atoms with Crippen molar-refractivity contribution in [2.45, 2.75) is 19.8 Å². The molecule has 3 heterocycles. The Kier molecular flexibility index (Phi) is 8.31. The van der Waals surface area contributed by atoms with E-state index in [9.17, 15) is 9.18 Å². The number of H-pyrrole nitrogens is 1. The molecule has 11 heteroatoms. The highest BCUT2D eigenvalue weighted by Gasteiger charge is 2.41. The molecule has 0 bridgehead atoms. The summed E-state index contributed by atoms with van der Waals surface area (Å²) in [6.07, 6.45) is 0.799. The molecule has 1 aliphatic rings. The number of hydrogen-bond donors (Lipinski definition) is 3. The van der Waals surface area contributed by atoms with Gasteiger partial charge >= 0.3 is 0 Å². The molecule has 10 nitrogen and oxygen atoms in total. The van der Waals surface area contributed by atoms with Crippen LogP contribution in [0.4, 0.5) is 16.0 Å². The van der Waals surface area contributed by atoms with Crippen LogP contribution in [-0.4, -0.2) is 46.2 Å². The summed E-state index contributed by atoms with van der Waals surface area (Å²) in [6, 6.07) is 24.8. The van der Waals surface area contributed by atoms with Crippen LogP contribution in [-0.2, 0) is 20.8 Å². The number of para-hydroxylation sites is 1. The molecule has 0 atom stereocenters. The number of benzene rings is 3. The number of carbonyl (C=O) groups excluding carboxylic acids is 1. The average molecular weight is 595 g/mol. The van der Waals surface area contributed by atoms with Gasteiger partial charge in [0.05, 0.1) is 42.8 Å². The predicted molar refractivity (Wildman–Crippen MR) is 163 cm³/mol. The maximum Gasteiger partial charge on any atom is 0.234 e. The van der Waals surface area contributed by atoms with Gasteiger partial charge < -0.3 is 29.8 Å². The highest BCUT2D eigenvalue weighted by atomic mass is 19.1. The Labute approximate surface area is 253 Å². The number of nitrogens with zero attached hydrogens (tertiary/aromatic N) is 3. The first-order valence-electron chi connectivity index (χ1n) is 14.1. The molecule has 0 aliphatic carbocycles. The molecule has 0 radical (unpaired) electrons. The Morgan fingerprint density at radius 2 is 1.73 bits per heavy atom. The first kappa shape index (κ1) is 29.0. The van der Waals surface area contributed by atoms with Crippen molar-refractivity contribution in [3.05, 3.63) is 108 Å². The van der Waals surface area contributed by atoms with Crippen LogP contribution in [0.2, 0.25) is 0 Å². The molecule has 1 aliphatic heterocycles. The summed E-state index contributed by atoms with van der Waals surface area (Å²) >= 11 is 0. The van der Waals surface area contributed by atoms with Crippen molar-refractivity contribution in [1.29, 1.82) is 0 Å². The summed E-state index contributed by atoms with van der Waals surface area (Å²) in [7, 11) is 1.63. The zero-order valence-electron chi connectivity index (χ0n) is 24.2. The van der Waals surface area contributed by atoms with E-state index < -0.39 is 11.7 Å². The van der Waals surface area contributed by atoms with E-state index in [1.807, 2.05) is 54.6 Å². The van der Waals surface area contributed by atoms with Crippen LogP contribution < -0.4 is 15.4 Å². The minimum atomic E-state index is -0.904. The van der Waals surface area contributed by atoms with E-state index in [0.29, 0.717) is 46.7 Å². The summed E-state index contributed by atoms with van der Waals surface area (Å²) in [4.78, 5) is 30.2. The van der Waals surface area contributed by atoms with Gasteiger partial charge in [0.15, 0.2) is 5.82 Å². The quantitative estimate of drug-likeness (QED) is 0.190. The van der Waals surface area contributed by atoms with Gasteiger partial charge in [-0.3, -0.25) is 4.79 Å². The molecule has 6 rings (SSSR count). The van der Waals surface area contributed by atoms with Crippen molar-refractivity contribution in [3.8, 4) is 28.4 Å². The van der Waals surface area contributed by atoms with Crippen LogP contribution in [0.15, 0.2) is 91.1 Å². The Morgan fingerprint density at radius 1 is 1.00 bits per heavy atom. The Bertz CT molecular complexity index is 1720. The first-order chi connectivity index (χ1) is 21.4. The van der Waals surface area contributed by atoms with Crippen molar-refractivity contribution in [3.63, 3.8) is 0 Å². The maximum atomic E-state index is 13.8. The molecule has 0 spiro atoms. The number of rotatable bonds is 9. The predicted octanol–water partition coefficient (Wildman–Crippen LogP) is 5.98. The lowest BCUT2D eigenvalue weighted by molar-refractivity contribution is -0.229. The molecule has 2 aromatic heterocycles. The molecule has 1 saturated heterocycles. The average Bonchev–Trinajstić information content (AvgIpc) is 3.51. The molecule has 1 fully saturated rings. The number of carbonyl (C=O) groups is 1. The van der Waals surface area contributed by atoms with E-state index in [-0.39, 0.29) is 24.9 Å². The molecule has 44 heavy (non-hydrogen) atoms. The second-order valence-electron chi connectivity index (χ2n) is 10.7. The molecule has 0 unspecified atom stereocenters. The van der Waals surface area contributed by atoms with Gasteiger partial charge in [-0.1, -0.05) is 30.3 Å². The zero-order chi connectivity index (χ0) is 30.5. The van der Waals surface area contributed by atoms with E-state index in [1.54, 1.807) is 38.4 Å². The molecule has 224 valence electrons. The normalized spacial score (nSPS) is 18.0. The summed E-state index contributed by atoms with van der Waals surface area (Å²) in [6.45, 7) is 2.53. The van der Waals surface area contributed by atoms with Crippen molar-refractivity contribution in [2.75, 3.05) is 31.0 Å². The number of ether oxygens (including phenoxy) is 3. The van der Waals surface area contributed by atoms with Crippen LogP contribution in [0.25, 0.3) is 22.6 Å². The van der Waals surface area contributed by atoms with Crippen LogP contribution in [0.5, 0.6) is 5.75 Å². The number of amides is 1. The molecule has 5 aromatic rings. The van der Waals surface area contributed by atoms with Crippen LogP contribution in [0, 0.1) is 11.2 Å². The van der Waals surface area contributed by atoms with Gasteiger partial charge in [-0.25, -0.2) is 19.3 Å². The number of halogens is 1. The van der Waals surface area contributed by atoms with Gasteiger partial charge in [0.1, 0.15) is 11.6 Å². The molecular formula is C33H31FN6O4. The fraction of sp³-hybridized carbons (Fsp3) is 0.212. The summed E-state index contributed by atoms with van der Waals surface area (Å²) < 4.78 is 31.1. The van der Waals surface area contributed by atoms with Crippen molar-refractivity contribution in [2.24, 2.45) is 5.41 Å². The lowest BCUT2D eigenvalue weighted by Crippen LogP contribution is -2.45. The van der Waals surface area contributed by atoms with Gasteiger partial charge in [0, 0.05) is 24.0 Å². The van der Waals surface area contributed by atoms with E-state index in [2.05, 4.69) is 20.6 Å². The standard InChI is InChI=1S/C33H31FN6O4/c1-33(31(41)37-24-6-4-3-5-7-24)19-43-30(44-20-33)29-39-27(22-10-12-23(34)13-11-22)28(40-29)26-16-17-35-32(38-26)36-18-21-8-14-25(42-2)15-9-21/h3-17,30H,18-20H2,1-2H3,(H,37,41)(H,39,40)(H,35,36,38). The fourth-order valence-electron chi connectivity index (χ4n) is 4.71. The number of anilines is 2. The van der Waals surface area contributed by atoms with Crippen molar-refractivity contribution < 1.29 is 23.4 Å². The van der Waals surface area contributed by atoms with Crippen molar-refractivity contribution >= 4 is 17.5 Å². The second-order valence-corrected chi connectivity index (χ2v) is 10.7. The lowest BCUT2D eigenvalue weighted by Gasteiger charge is -2.35. The Balaban J connectivity index is 1.22. The third kappa shape index (κ3) is 6.43. The molecular weight excluding hydrogens is 563 g/mol. The number of aromatic nitrogens is 4. The Hall–Kier alpha value is -5.13. The number of nitrogens with one attached hydrogen (secondary N) is 3. The van der Waals surface area contributed by atoms with E-state index in [4.69, 9.17) is 24.2 Å². The molecule has 3 N–H and O–H groups in total. The smallest absolute Gasteiger partial charge is 0.234 e. The molecule has 0 saturated carbocycles. The molecule has 1 amide bonds. The van der Waals surface area contributed by atoms with Crippen molar-refractivity contribution in [1.82, 2.24) is 19.9 Å². The van der Waals surface area contributed by atoms with Gasteiger partial charge in [0.2, 0.25) is 18.1 Å². The van der Waals surface area contributed by atoms with Crippen LogP contribution in [0.3, 0.4) is 0 Å². The summed E-state index contributed by atoms with van der Waals surface area (Å²) in [5.41, 5.74) is 3.20. The monoisotopic (exact) mass is 594 g/mol. The topological polar surface area (TPSA) is 123 Å². The second kappa shape index (κ2) is 12.6. The minimum Gasteiger partial charge on any atom is -0.497 e. The summed E-state index contributed by atoms with van der Waals surface area (Å²) in [5, 5.41) is 6.17. The van der Waals surface area contributed by atoms with Crippen LogP contribution in [0.1, 0.15) is 24.6 Å². The molecule has 3 aromatic carbocycles. The van der Waals surface area contributed by atoms with Gasteiger partial charge in [-0.05, 0) is 67.1 Å². The fourth-order valence-corrected chi connectivity index (χ4v) is 4.71. The lowest BCUT2D eigenvalue weighted by atomic mass is 9.91. The van der Waals surface area contributed by atoms with Gasteiger partial charge in [0.25, 0.3) is 0 Å². The highest BCUT2D eigenvalue weighted by molar-refractivity contribution is 5.95. The largest absolute Gasteiger partial charge is 0.497 e. The number of aromatic amines is 1. The van der Waals surface area contributed by atoms with E-state index in [1.165, 1.54) is 12.1 Å². The SMILES string of the molecule is COc1ccc(CNc2nccc(-c3[nH]c(C4OCC(C)(C(=O)Nc5ccccc5)CO4)nc3-c3ccc(F)cc3)n2)cc1. The summed E-state index contributed by atoms with van der Waals surface area (Å²) in [5.74, 6) is 1.04. The zero-order valence-corrected chi connectivity index (χ0v) is 24.2. The number of imidazole rings is 1. The minimum absolute atomic E-state index is 0.116. The van der Waals surface area contributed by atoms with E-state index in [0.717, 1.165) is 11.3 Å². The third-order valence-corrected chi connectivity index (χ3v) is 7.27. The van der Waals surface area contributed by atoms with Gasteiger partial charge in [-0.2, -0.15) is 0 Å². The first-order valence-corrected chi connectivity index (χ1v) is 14.1. The van der Waals surface area contributed by atoms with Crippen LogP contribution >= 0.6 is 0 Å². The third-order valence-electron chi connectivity index (χ3n) is 7.27. The number of hydrogen-bond acceptors (Lipinski definition) is 8. The Morgan fingerprint density at radius 3 is 2.43 bits per heavy atom. The highest BCUT2D eigenvalue weighted by Crippen LogP contribution is 2.36. The number of methoxy groups -OCH3 is 1. The van der Waals surface area contributed by atoms with E-state index >= 15 is 0 Å². The van der Waals surface area contributed by atoms with Gasteiger partial charge in [-0.15, -0.1) is 0 Å². The maximum absolute atomic E-state index is 13.8.